The summed E-state index contributed by atoms with van der Waals surface area (Å²) in [5.74, 6) is 1.21. The summed E-state index contributed by atoms with van der Waals surface area (Å²) in [6.07, 6.45) is 6.30. The molecule has 0 bridgehead atoms. The molecule has 4 atom stereocenters. The van der Waals surface area contributed by atoms with E-state index in [1.54, 1.807) is 0 Å². The summed E-state index contributed by atoms with van der Waals surface area (Å²) in [5, 5.41) is 13.9. The lowest BCUT2D eigenvalue weighted by Crippen LogP contribution is -2.47. The molecule has 4 unspecified atom stereocenters. The number of hydrogen-bond donors (Lipinski definition) is 2. The highest BCUT2D eigenvalue weighted by Gasteiger charge is 2.28. The lowest BCUT2D eigenvalue weighted by molar-refractivity contribution is 0.00174. The van der Waals surface area contributed by atoms with Crippen molar-refractivity contribution in [2.75, 3.05) is 6.54 Å². The van der Waals surface area contributed by atoms with Crippen molar-refractivity contribution in [3.63, 3.8) is 0 Å². The molecule has 96 valence electrons. The molecule has 1 aliphatic carbocycles. The molecule has 0 spiro atoms. The van der Waals surface area contributed by atoms with Crippen LogP contribution < -0.4 is 5.32 Å². The minimum absolute atomic E-state index is 0.362. The average Bonchev–Trinajstić information content (AvgIpc) is 2.25. The topological polar surface area (TPSA) is 32.3 Å². The number of hydrogen-bond acceptors (Lipinski definition) is 2. The van der Waals surface area contributed by atoms with Gasteiger partial charge in [0.05, 0.1) is 5.60 Å². The Labute approximate surface area is 101 Å². The molecule has 1 rings (SSSR count). The molecular formula is C14H29NO. The van der Waals surface area contributed by atoms with E-state index in [4.69, 9.17) is 0 Å². The minimum atomic E-state index is -0.560. The van der Waals surface area contributed by atoms with Crippen LogP contribution in [0.5, 0.6) is 0 Å². The molecule has 0 aliphatic heterocycles. The van der Waals surface area contributed by atoms with Crippen LogP contribution in [0.15, 0.2) is 0 Å². The normalized spacial score (nSPS) is 32.1. The van der Waals surface area contributed by atoms with Crippen LogP contribution in [0.25, 0.3) is 0 Å². The standard InChI is InChI=1S/C14H29NO/c1-5-12(3)14(4,16)10-15-13-8-6-7-11(2)9-13/h11-13,15-16H,5-10H2,1-4H3. The molecule has 1 aliphatic rings. The van der Waals surface area contributed by atoms with Gasteiger partial charge in [0.2, 0.25) is 0 Å². The van der Waals surface area contributed by atoms with E-state index < -0.39 is 5.60 Å². The van der Waals surface area contributed by atoms with E-state index in [0.29, 0.717) is 12.0 Å². The molecule has 2 nitrogen and oxygen atoms in total. The SMILES string of the molecule is CCC(C)C(C)(O)CNC1CCCC(C)C1. The van der Waals surface area contributed by atoms with Crippen LogP contribution in [0.1, 0.15) is 59.8 Å². The van der Waals surface area contributed by atoms with Gasteiger partial charge >= 0.3 is 0 Å². The Kier molecular flexibility index (Phi) is 5.26. The molecule has 0 heterocycles. The van der Waals surface area contributed by atoms with Crippen LogP contribution in [0.2, 0.25) is 0 Å². The fraction of sp³-hybridized carbons (Fsp3) is 1.00. The van der Waals surface area contributed by atoms with Gasteiger partial charge in [0.15, 0.2) is 0 Å². The Morgan fingerprint density at radius 1 is 1.44 bits per heavy atom. The first-order chi connectivity index (χ1) is 7.45. The first-order valence-corrected chi connectivity index (χ1v) is 6.91. The number of nitrogens with one attached hydrogen (secondary N) is 1. The zero-order valence-electron chi connectivity index (χ0n) is 11.4. The maximum Gasteiger partial charge on any atom is 0.0768 e. The summed E-state index contributed by atoms with van der Waals surface area (Å²) < 4.78 is 0. The Bertz CT molecular complexity index is 203. The smallest absolute Gasteiger partial charge is 0.0768 e. The van der Waals surface area contributed by atoms with Crippen LogP contribution >= 0.6 is 0 Å². The van der Waals surface area contributed by atoms with Gasteiger partial charge in [0, 0.05) is 12.6 Å². The summed E-state index contributed by atoms with van der Waals surface area (Å²) >= 11 is 0. The third kappa shape index (κ3) is 4.06. The summed E-state index contributed by atoms with van der Waals surface area (Å²) in [4.78, 5) is 0. The quantitative estimate of drug-likeness (QED) is 0.757. The van der Waals surface area contributed by atoms with Crippen LogP contribution in [-0.2, 0) is 0 Å². The van der Waals surface area contributed by atoms with E-state index in [-0.39, 0.29) is 0 Å². The third-order valence-corrected chi connectivity index (χ3v) is 4.36. The van der Waals surface area contributed by atoms with E-state index in [1.807, 2.05) is 6.92 Å². The van der Waals surface area contributed by atoms with Gasteiger partial charge in [0.1, 0.15) is 0 Å². The van der Waals surface area contributed by atoms with Crippen molar-refractivity contribution in [1.29, 1.82) is 0 Å². The number of aliphatic hydroxyl groups is 1. The van der Waals surface area contributed by atoms with E-state index in [0.717, 1.165) is 18.9 Å². The highest BCUT2D eigenvalue weighted by molar-refractivity contribution is 4.84. The van der Waals surface area contributed by atoms with E-state index >= 15 is 0 Å². The van der Waals surface area contributed by atoms with Gasteiger partial charge in [-0.25, -0.2) is 0 Å². The van der Waals surface area contributed by atoms with Gasteiger partial charge in [0.25, 0.3) is 0 Å². The molecule has 0 saturated heterocycles. The van der Waals surface area contributed by atoms with Crippen molar-refractivity contribution in [2.24, 2.45) is 11.8 Å². The molecule has 2 N–H and O–H groups in total. The maximum absolute atomic E-state index is 10.3. The van der Waals surface area contributed by atoms with Crippen molar-refractivity contribution in [3.8, 4) is 0 Å². The molecule has 1 saturated carbocycles. The zero-order valence-corrected chi connectivity index (χ0v) is 11.4. The lowest BCUT2D eigenvalue weighted by atomic mass is 9.85. The molecule has 2 heteroatoms. The highest BCUT2D eigenvalue weighted by atomic mass is 16.3. The van der Waals surface area contributed by atoms with Gasteiger partial charge in [-0.2, -0.15) is 0 Å². The van der Waals surface area contributed by atoms with Crippen molar-refractivity contribution in [2.45, 2.75) is 71.4 Å². The second kappa shape index (κ2) is 6.02. The maximum atomic E-state index is 10.3. The predicted octanol–water partition coefficient (Wildman–Crippen LogP) is 2.95. The van der Waals surface area contributed by atoms with Gasteiger partial charge in [-0.3, -0.25) is 0 Å². The third-order valence-electron chi connectivity index (χ3n) is 4.36. The Hall–Kier alpha value is -0.0800. The Morgan fingerprint density at radius 2 is 2.12 bits per heavy atom. The Balaban J connectivity index is 2.32. The van der Waals surface area contributed by atoms with Crippen molar-refractivity contribution < 1.29 is 5.11 Å². The summed E-state index contributed by atoms with van der Waals surface area (Å²) in [6, 6.07) is 0.624. The molecule has 0 aromatic carbocycles. The predicted molar refractivity (Wildman–Crippen MR) is 69.5 cm³/mol. The summed E-state index contributed by atoms with van der Waals surface area (Å²) in [7, 11) is 0. The van der Waals surface area contributed by atoms with Gasteiger partial charge in [-0.05, 0) is 31.6 Å². The van der Waals surface area contributed by atoms with Crippen molar-refractivity contribution >= 4 is 0 Å². The van der Waals surface area contributed by atoms with E-state index in [2.05, 4.69) is 26.1 Å². The van der Waals surface area contributed by atoms with Crippen molar-refractivity contribution in [1.82, 2.24) is 5.32 Å². The van der Waals surface area contributed by atoms with E-state index in [9.17, 15) is 5.11 Å². The van der Waals surface area contributed by atoms with Crippen LogP contribution in [0, 0.1) is 11.8 Å². The van der Waals surface area contributed by atoms with Crippen LogP contribution in [0.3, 0.4) is 0 Å². The average molecular weight is 227 g/mol. The first kappa shape index (κ1) is 14.0. The van der Waals surface area contributed by atoms with Crippen LogP contribution in [0.4, 0.5) is 0 Å². The Morgan fingerprint density at radius 3 is 2.69 bits per heavy atom. The monoisotopic (exact) mass is 227 g/mol. The molecule has 0 aromatic rings. The van der Waals surface area contributed by atoms with Crippen molar-refractivity contribution in [3.05, 3.63) is 0 Å². The second-order valence-electron chi connectivity index (χ2n) is 6.02. The van der Waals surface area contributed by atoms with Gasteiger partial charge < -0.3 is 10.4 Å². The molecule has 16 heavy (non-hydrogen) atoms. The minimum Gasteiger partial charge on any atom is -0.389 e. The molecule has 0 aromatic heterocycles. The van der Waals surface area contributed by atoms with Crippen LogP contribution in [-0.4, -0.2) is 23.3 Å². The molecular weight excluding hydrogens is 198 g/mol. The zero-order chi connectivity index (χ0) is 12.2. The fourth-order valence-electron chi connectivity index (χ4n) is 2.58. The fourth-order valence-corrected chi connectivity index (χ4v) is 2.58. The van der Waals surface area contributed by atoms with Gasteiger partial charge in [-0.1, -0.05) is 40.0 Å². The summed E-state index contributed by atoms with van der Waals surface area (Å²) in [5.41, 5.74) is -0.560. The van der Waals surface area contributed by atoms with Gasteiger partial charge in [-0.15, -0.1) is 0 Å². The highest BCUT2D eigenvalue weighted by Crippen LogP contribution is 2.25. The molecule has 0 radical (unpaired) electrons. The summed E-state index contributed by atoms with van der Waals surface area (Å²) in [6.45, 7) is 9.30. The molecule has 0 amide bonds. The lowest BCUT2D eigenvalue weighted by Gasteiger charge is -2.34. The number of rotatable bonds is 5. The largest absolute Gasteiger partial charge is 0.389 e. The second-order valence-corrected chi connectivity index (χ2v) is 6.02. The first-order valence-electron chi connectivity index (χ1n) is 6.91. The van der Waals surface area contributed by atoms with E-state index in [1.165, 1.54) is 25.7 Å². The molecule has 1 fully saturated rings.